The molecule has 162 valence electrons. The number of alkyl carbamates (subject to hydrolysis) is 1. The maximum Gasteiger partial charge on any atom is 0.407 e. The zero-order valence-electron chi connectivity index (χ0n) is 18.3. The highest BCUT2D eigenvalue weighted by Gasteiger charge is 2.26. The third-order valence-electron chi connectivity index (χ3n) is 5.27. The molecule has 1 fully saturated rings. The number of ether oxygens (including phenoxy) is 2. The molecule has 3 rings (SSSR count). The molecule has 2 aromatic rings. The monoisotopic (exact) mass is 410 g/mol. The molecular weight excluding hydrogens is 376 g/mol. The maximum atomic E-state index is 11.8. The molecule has 5 heteroatoms. The van der Waals surface area contributed by atoms with Crippen LogP contribution in [0.2, 0.25) is 0 Å². The number of hydrogen-bond acceptors (Lipinski definition) is 4. The van der Waals surface area contributed by atoms with Crippen LogP contribution in [0.15, 0.2) is 54.6 Å². The van der Waals surface area contributed by atoms with Gasteiger partial charge in [0.15, 0.2) is 0 Å². The van der Waals surface area contributed by atoms with Gasteiger partial charge in [-0.2, -0.15) is 0 Å². The number of rotatable bonds is 7. The van der Waals surface area contributed by atoms with E-state index in [1.165, 1.54) is 24.0 Å². The lowest BCUT2D eigenvalue weighted by Gasteiger charge is -2.31. The van der Waals surface area contributed by atoms with Crippen molar-refractivity contribution in [3.8, 4) is 5.75 Å². The summed E-state index contributed by atoms with van der Waals surface area (Å²) in [5, 5.41) is 6.20. The van der Waals surface area contributed by atoms with Crippen LogP contribution in [0, 0.1) is 5.92 Å². The van der Waals surface area contributed by atoms with Gasteiger partial charge in [0.05, 0.1) is 6.54 Å². The Bertz CT molecular complexity index is 796. The second kappa shape index (κ2) is 10.5. The summed E-state index contributed by atoms with van der Waals surface area (Å²) < 4.78 is 11.2. The van der Waals surface area contributed by atoms with Crippen molar-refractivity contribution in [2.24, 2.45) is 5.92 Å². The molecule has 1 heterocycles. The normalized spacial score (nSPS) is 16.0. The Morgan fingerprint density at radius 1 is 1.07 bits per heavy atom. The van der Waals surface area contributed by atoms with Gasteiger partial charge in [0.1, 0.15) is 18.0 Å². The van der Waals surface area contributed by atoms with Gasteiger partial charge in [-0.05, 0) is 75.9 Å². The Labute approximate surface area is 180 Å². The number of benzene rings is 2. The molecule has 1 unspecified atom stereocenters. The fourth-order valence-electron chi connectivity index (χ4n) is 4.01. The molecule has 0 saturated carbocycles. The standard InChI is InChI=1S/C25H34N2O3/c1-25(2,3)30-24(28)27-16-17-29-22-11-7-10-21(18-22)23(19-8-5-4-6-9-19)20-12-14-26-15-13-20/h4-11,18,20,23,26H,12-17H2,1-3H3,(H,27,28). The summed E-state index contributed by atoms with van der Waals surface area (Å²) in [5.74, 6) is 1.79. The fraction of sp³-hybridized carbons (Fsp3) is 0.480. The van der Waals surface area contributed by atoms with Gasteiger partial charge in [-0.25, -0.2) is 4.79 Å². The summed E-state index contributed by atoms with van der Waals surface area (Å²) in [5.41, 5.74) is 2.14. The van der Waals surface area contributed by atoms with Crippen LogP contribution in [0.5, 0.6) is 5.75 Å². The minimum absolute atomic E-state index is 0.358. The van der Waals surface area contributed by atoms with Crippen molar-refractivity contribution in [3.05, 3.63) is 65.7 Å². The van der Waals surface area contributed by atoms with E-state index in [2.05, 4.69) is 59.2 Å². The highest BCUT2D eigenvalue weighted by molar-refractivity contribution is 5.67. The Morgan fingerprint density at radius 2 is 1.77 bits per heavy atom. The predicted molar refractivity (Wildman–Crippen MR) is 120 cm³/mol. The van der Waals surface area contributed by atoms with E-state index in [4.69, 9.17) is 9.47 Å². The van der Waals surface area contributed by atoms with Crippen LogP contribution < -0.4 is 15.4 Å². The minimum Gasteiger partial charge on any atom is -0.492 e. The molecule has 0 aromatic heterocycles. The molecule has 0 radical (unpaired) electrons. The molecule has 1 amide bonds. The predicted octanol–water partition coefficient (Wildman–Crippen LogP) is 4.72. The van der Waals surface area contributed by atoms with E-state index in [1.807, 2.05) is 26.8 Å². The summed E-state index contributed by atoms with van der Waals surface area (Å²) >= 11 is 0. The average molecular weight is 411 g/mol. The first-order valence-corrected chi connectivity index (χ1v) is 10.9. The van der Waals surface area contributed by atoms with Gasteiger partial charge in [-0.3, -0.25) is 0 Å². The van der Waals surface area contributed by atoms with Crippen LogP contribution >= 0.6 is 0 Å². The number of piperidine rings is 1. The SMILES string of the molecule is CC(C)(C)OC(=O)NCCOc1cccc(C(c2ccccc2)C2CCNCC2)c1. The summed E-state index contributed by atoms with van der Waals surface area (Å²) in [6, 6.07) is 19.1. The maximum absolute atomic E-state index is 11.8. The van der Waals surface area contributed by atoms with E-state index in [0.29, 0.717) is 25.0 Å². The Hall–Kier alpha value is -2.53. The molecule has 2 N–H and O–H groups in total. The van der Waals surface area contributed by atoms with Gasteiger partial charge < -0.3 is 20.1 Å². The zero-order chi connectivity index (χ0) is 21.4. The van der Waals surface area contributed by atoms with Gasteiger partial charge in [-0.1, -0.05) is 42.5 Å². The summed E-state index contributed by atoms with van der Waals surface area (Å²) in [6.07, 6.45) is 1.92. The molecule has 2 aromatic carbocycles. The average Bonchev–Trinajstić information content (AvgIpc) is 2.72. The van der Waals surface area contributed by atoms with E-state index in [1.54, 1.807) is 0 Å². The fourth-order valence-corrected chi connectivity index (χ4v) is 4.01. The molecule has 1 atom stereocenters. The van der Waals surface area contributed by atoms with Crippen molar-refractivity contribution >= 4 is 6.09 Å². The molecular formula is C25H34N2O3. The van der Waals surface area contributed by atoms with Crippen molar-refractivity contribution in [2.45, 2.75) is 45.1 Å². The van der Waals surface area contributed by atoms with Crippen LogP contribution in [0.4, 0.5) is 4.79 Å². The van der Waals surface area contributed by atoms with E-state index < -0.39 is 11.7 Å². The third-order valence-corrected chi connectivity index (χ3v) is 5.27. The molecule has 1 aliphatic heterocycles. The Morgan fingerprint density at radius 3 is 2.47 bits per heavy atom. The van der Waals surface area contributed by atoms with Crippen molar-refractivity contribution in [3.63, 3.8) is 0 Å². The number of nitrogens with one attached hydrogen (secondary N) is 2. The topological polar surface area (TPSA) is 59.6 Å². The third kappa shape index (κ3) is 6.77. The second-order valence-corrected chi connectivity index (χ2v) is 8.83. The lowest BCUT2D eigenvalue weighted by Crippen LogP contribution is -2.34. The first-order chi connectivity index (χ1) is 14.4. The van der Waals surface area contributed by atoms with E-state index in [0.717, 1.165) is 18.8 Å². The lowest BCUT2D eigenvalue weighted by atomic mass is 9.76. The molecule has 5 nitrogen and oxygen atoms in total. The zero-order valence-corrected chi connectivity index (χ0v) is 18.3. The van der Waals surface area contributed by atoms with Gasteiger partial charge in [-0.15, -0.1) is 0 Å². The Balaban J connectivity index is 1.64. The van der Waals surface area contributed by atoms with Crippen LogP contribution in [0.25, 0.3) is 0 Å². The molecule has 1 saturated heterocycles. The second-order valence-electron chi connectivity index (χ2n) is 8.83. The summed E-state index contributed by atoms with van der Waals surface area (Å²) in [6.45, 7) is 8.48. The highest BCUT2D eigenvalue weighted by atomic mass is 16.6. The van der Waals surface area contributed by atoms with Gasteiger partial charge >= 0.3 is 6.09 Å². The number of amides is 1. The van der Waals surface area contributed by atoms with Crippen LogP contribution in [0.3, 0.4) is 0 Å². The van der Waals surface area contributed by atoms with Gasteiger partial charge in [0, 0.05) is 5.92 Å². The molecule has 0 aliphatic carbocycles. The quantitative estimate of drug-likeness (QED) is 0.649. The van der Waals surface area contributed by atoms with Crippen molar-refractivity contribution in [2.75, 3.05) is 26.2 Å². The van der Waals surface area contributed by atoms with E-state index in [9.17, 15) is 4.79 Å². The van der Waals surface area contributed by atoms with E-state index in [-0.39, 0.29) is 0 Å². The van der Waals surface area contributed by atoms with Crippen molar-refractivity contribution < 1.29 is 14.3 Å². The molecule has 0 bridgehead atoms. The van der Waals surface area contributed by atoms with Gasteiger partial charge in [0.25, 0.3) is 0 Å². The van der Waals surface area contributed by atoms with E-state index >= 15 is 0 Å². The highest BCUT2D eigenvalue weighted by Crippen LogP contribution is 2.37. The summed E-state index contributed by atoms with van der Waals surface area (Å²) in [4.78, 5) is 11.8. The van der Waals surface area contributed by atoms with Crippen LogP contribution in [0.1, 0.15) is 50.7 Å². The first kappa shape index (κ1) is 22.2. The largest absolute Gasteiger partial charge is 0.492 e. The first-order valence-electron chi connectivity index (χ1n) is 10.9. The van der Waals surface area contributed by atoms with Crippen LogP contribution in [-0.2, 0) is 4.74 Å². The molecule has 30 heavy (non-hydrogen) atoms. The molecule has 1 aliphatic rings. The minimum atomic E-state index is -0.500. The molecule has 0 spiro atoms. The van der Waals surface area contributed by atoms with Crippen molar-refractivity contribution in [1.29, 1.82) is 0 Å². The Kier molecular flexibility index (Phi) is 7.75. The summed E-state index contributed by atoms with van der Waals surface area (Å²) in [7, 11) is 0. The number of hydrogen-bond donors (Lipinski definition) is 2. The van der Waals surface area contributed by atoms with Crippen molar-refractivity contribution in [1.82, 2.24) is 10.6 Å². The smallest absolute Gasteiger partial charge is 0.407 e. The number of carbonyl (C=O) groups excluding carboxylic acids is 1. The van der Waals surface area contributed by atoms with Crippen LogP contribution in [-0.4, -0.2) is 37.9 Å². The lowest BCUT2D eigenvalue weighted by molar-refractivity contribution is 0.0520. The van der Waals surface area contributed by atoms with Gasteiger partial charge in [0.2, 0.25) is 0 Å². The number of carbonyl (C=O) groups is 1.